The number of carbonyl (C=O) groups excluding carboxylic acids is 1. The summed E-state index contributed by atoms with van der Waals surface area (Å²) in [6.07, 6.45) is 5.76. The Morgan fingerprint density at radius 3 is 2.53 bits per heavy atom. The summed E-state index contributed by atoms with van der Waals surface area (Å²) in [4.78, 5) is 11.2. The summed E-state index contributed by atoms with van der Waals surface area (Å²) in [7, 11) is 0. The zero-order valence-electron chi connectivity index (χ0n) is 10.2. The van der Waals surface area contributed by atoms with Gasteiger partial charge in [0.25, 0.3) is 0 Å². The van der Waals surface area contributed by atoms with Crippen molar-refractivity contribution in [2.24, 2.45) is 16.7 Å². The third-order valence-electron chi connectivity index (χ3n) is 4.69. The summed E-state index contributed by atoms with van der Waals surface area (Å²) in [5, 5.41) is 3.06. The molecule has 1 heterocycles. The molecule has 2 nitrogen and oxygen atoms in total. The molecule has 15 heavy (non-hydrogen) atoms. The summed E-state index contributed by atoms with van der Waals surface area (Å²) in [6, 6.07) is 0. The van der Waals surface area contributed by atoms with E-state index in [9.17, 15) is 4.79 Å². The lowest BCUT2D eigenvalue weighted by Crippen LogP contribution is -2.50. The average Bonchev–Trinajstić information content (AvgIpc) is 2.15. The molecule has 2 unspecified atom stereocenters. The van der Waals surface area contributed by atoms with Gasteiger partial charge >= 0.3 is 0 Å². The summed E-state index contributed by atoms with van der Waals surface area (Å²) < 4.78 is 0. The highest BCUT2D eigenvalue weighted by molar-refractivity contribution is 5.76. The fourth-order valence-electron chi connectivity index (χ4n) is 3.43. The van der Waals surface area contributed by atoms with Crippen molar-refractivity contribution in [2.45, 2.75) is 52.9 Å². The second kappa shape index (κ2) is 3.50. The first kappa shape index (κ1) is 11.0. The van der Waals surface area contributed by atoms with E-state index >= 15 is 0 Å². The minimum atomic E-state index is 0.248. The number of carbonyl (C=O) groups is 1. The van der Waals surface area contributed by atoms with Crippen LogP contribution in [0.1, 0.15) is 52.9 Å². The van der Waals surface area contributed by atoms with E-state index in [0.29, 0.717) is 10.8 Å². The molecule has 2 atom stereocenters. The van der Waals surface area contributed by atoms with Crippen LogP contribution in [0.25, 0.3) is 0 Å². The fourth-order valence-corrected chi connectivity index (χ4v) is 3.43. The lowest BCUT2D eigenvalue weighted by Gasteiger charge is -2.50. The van der Waals surface area contributed by atoms with Crippen molar-refractivity contribution in [3.8, 4) is 0 Å². The van der Waals surface area contributed by atoms with Crippen LogP contribution in [0.3, 0.4) is 0 Å². The predicted octanol–water partition coefficient (Wildman–Crippen LogP) is 2.73. The molecule has 0 bridgehead atoms. The fraction of sp³-hybridized carbons (Fsp3) is 0.923. The molecule has 1 spiro atoms. The van der Waals surface area contributed by atoms with Gasteiger partial charge in [0.05, 0.1) is 0 Å². The Morgan fingerprint density at radius 1 is 1.27 bits per heavy atom. The minimum absolute atomic E-state index is 0.248. The smallest absolute Gasteiger partial charge is 0.220 e. The molecule has 2 aliphatic rings. The Labute approximate surface area is 92.8 Å². The minimum Gasteiger partial charge on any atom is -0.356 e. The molecule has 2 fully saturated rings. The predicted molar refractivity (Wildman–Crippen MR) is 61.5 cm³/mol. The first-order valence-corrected chi connectivity index (χ1v) is 6.20. The van der Waals surface area contributed by atoms with Crippen molar-refractivity contribution < 1.29 is 4.79 Å². The molecule has 2 heteroatoms. The summed E-state index contributed by atoms with van der Waals surface area (Å²) in [5.74, 6) is 1.000. The van der Waals surface area contributed by atoms with E-state index < -0.39 is 0 Å². The quantitative estimate of drug-likeness (QED) is 0.653. The van der Waals surface area contributed by atoms with E-state index in [1.165, 1.54) is 19.3 Å². The largest absolute Gasteiger partial charge is 0.356 e. The first-order chi connectivity index (χ1) is 6.94. The van der Waals surface area contributed by atoms with Gasteiger partial charge in [0, 0.05) is 13.0 Å². The highest BCUT2D eigenvalue weighted by Crippen LogP contribution is 2.51. The Kier molecular flexibility index (Phi) is 2.56. The molecule has 0 aromatic rings. The zero-order valence-corrected chi connectivity index (χ0v) is 10.2. The highest BCUT2D eigenvalue weighted by Gasteiger charge is 2.45. The van der Waals surface area contributed by atoms with Gasteiger partial charge in [-0.1, -0.05) is 20.8 Å². The first-order valence-electron chi connectivity index (χ1n) is 6.20. The summed E-state index contributed by atoms with van der Waals surface area (Å²) in [6.45, 7) is 8.04. The van der Waals surface area contributed by atoms with Gasteiger partial charge < -0.3 is 5.32 Å². The van der Waals surface area contributed by atoms with Gasteiger partial charge in [0.2, 0.25) is 5.91 Å². The Bertz CT molecular complexity index is 260. The van der Waals surface area contributed by atoms with Crippen molar-refractivity contribution in [1.29, 1.82) is 0 Å². The second-order valence-electron chi connectivity index (χ2n) is 6.41. The van der Waals surface area contributed by atoms with Gasteiger partial charge in [0.15, 0.2) is 0 Å². The van der Waals surface area contributed by atoms with Gasteiger partial charge in [-0.05, 0) is 42.4 Å². The lowest BCUT2D eigenvalue weighted by molar-refractivity contribution is -0.126. The molecule has 1 N–H and O–H groups in total. The zero-order chi connectivity index (χ0) is 11.1. The van der Waals surface area contributed by atoms with Gasteiger partial charge in [-0.3, -0.25) is 4.79 Å². The van der Waals surface area contributed by atoms with Crippen LogP contribution in [-0.4, -0.2) is 12.5 Å². The monoisotopic (exact) mass is 209 g/mol. The Balaban J connectivity index is 2.07. The molecule has 1 amide bonds. The standard InChI is InChI=1S/C13H23NO/c1-10-8-12(2,3)6-7-13(10)5-4-11(15)14-9-13/h10H,4-9H2,1-3H3,(H,14,15). The van der Waals surface area contributed by atoms with Crippen LogP contribution in [0.4, 0.5) is 0 Å². The number of rotatable bonds is 0. The second-order valence-corrected chi connectivity index (χ2v) is 6.41. The van der Waals surface area contributed by atoms with Crippen LogP contribution in [0.15, 0.2) is 0 Å². The van der Waals surface area contributed by atoms with E-state index in [0.717, 1.165) is 25.3 Å². The van der Waals surface area contributed by atoms with Crippen molar-refractivity contribution >= 4 is 5.91 Å². The van der Waals surface area contributed by atoms with E-state index in [2.05, 4.69) is 26.1 Å². The van der Waals surface area contributed by atoms with E-state index in [-0.39, 0.29) is 5.91 Å². The SMILES string of the molecule is CC1CC(C)(C)CCC12CCC(=O)NC2. The summed E-state index contributed by atoms with van der Waals surface area (Å²) >= 11 is 0. The molecule has 1 saturated carbocycles. The third kappa shape index (κ3) is 2.04. The maximum atomic E-state index is 11.2. The highest BCUT2D eigenvalue weighted by atomic mass is 16.1. The molecule has 1 aliphatic heterocycles. The number of amides is 1. The number of hydrogen-bond donors (Lipinski definition) is 1. The van der Waals surface area contributed by atoms with Crippen LogP contribution in [0.2, 0.25) is 0 Å². The van der Waals surface area contributed by atoms with E-state index in [4.69, 9.17) is 0 Å². The van der Waals surface area contributed by atoms with Crippen LogP contribution in [0, 0.1) is 16.7 Å². The number of piperidine rings is 1. The van der Waals surface area contributed by atoms with E-state index in [1.807, 2.05) is 0 Å². The van der Waals surface area contributed by atoms with Crippen LogP contribution in [-0.2, 0) is 4.79 Å². The number of hydrogen-bond acceptors (Lipinski definition) is 1. The van der Waals surface area contributed by atoms with Crippen molar-refractivity contribution in [3.63, 3.8) is 0 Å². The Morgan fingerprint density at radius 2 is 2.00 bits per heavy atom. The maximum absolute atomic E-state index is 11.2. The van der Waals surface area contributed by atoms with Crippen LogP contribution < -0.4 is 5.32 Å². The molecular weight excluding hydrogens is 186 g/mol. The molecule has 86 valence electrons. The van der Waals surface area contributed by atoms with Gasteiger partial charge in [-0.25, -0.2) is 0 Å². The molecule has 0 aromatic carbocycles. The summed E-state index contributed by atoms with van der Waals surface area (Å²) in [5.41, 5.74) is 0.926. The van der Waals surface area contributed by atoms with E-state index in [1.54, 1.807) is 0 Å². The molecule has 1 aliphatic carbocycles. The molecular formula is C13H23NO. The average molecular weight is 209 g/mol. The molecule has 2 rings (SSSR count). The normalized spacial score (nSPS) is 40.2. The Hall–Kier alpha value is -0.530. The molecule has 0 aromatic heterocycles. The molecule has 0 radical (unpaired) electrons. The van der Waals surface area contributed by atoms with Gasteiger partial charge in [-0.15, -0.1) is 0 Å². The van der Waals surface area contributed by atoms with Gasteiger partial charge in [0.1, 0.15) is 0 Å². The van der Waals surface area contributed by atoms with Gasteiger partial charge in [-0.2, -0.15) is 0 Å². The van der Waals surface area contributed by atoms with Crippen molar-refractivity contribution in [3.05, 3.63) is 0 Å². The van der Waals surface area contributed by atoms with Crippen molar-refractivity contribution in [2.75, 3.05) is 6.54 Å². The third-order valence-corrected chi connectivity index (χ3v) is 4.69. The number of nitrogens with one attached hydrogen (secondary N) is 1. The van der Waals surface area contributed by atoms with Crippen LogP contribution in [0.5, 0.6) is 0 Å². The van der Waals surface area contributed by atoms with Crippen molar-refractivity contribution in [1.82, 2.24) is 5.32 Å². The maximum Gasteiger partial charge on any atom is 0.220 e. The van der Waals surface area contributed by atoms with Crippen LogP contribution >= 0.6 is 0 Å². The molecule has 1 saturated heterocycles. The lowest BCUT2D eigenvalue weighted by atomic mass is 9.57. The topological polar surface area (TPSA) is 29.1 Å².